The van der Waals surface area contributed by atoms with Crippen molar-refractivity contribution in [2.75, 3.05) is 19.6 Å². The fourth-order valence-electron chi connectivity index (χ4n) is 3.84. The summed E-state index contributed by atoms with van der Waals surface area (Å²) in [6.07, 6.45) is -3.20. The molecule has 1 aromatic carbocycles. The van der Waals surface area contributed by atoms with Crippen molar-refractivity contribution >= 4 is 10.0 Å². The molecule has 2 atom stereocenters. The monoisotopic (exact) mass is 413 g/mol. The fraction of sp³-hybridized carbons (Fsp3) is 0.389. The molecule has 0 radical (unpaired) electrons. The quantitative estimate of drug-likeness (QED) is 0.837. The number of pyridine rings is 1. The second kappa shape index (κ2) is 7.02. The van der Waals surface area contributed by atoms with E-state index in [-0.39, 0.29) is 29.8 Å². The van der Waals surface area contributed by atoms with Crippen LogP contribution in [-0.2, 0) is 16.6 Å². The van der Waals surface area contributed by atoms with Gasteiger partial charge in [-0.1, -0.05) is 12.1 Å². The van der Waals surface area contributed by atoms with Crippen LogP contribution in [-0.4, -0.2) is 43.7 Å². The largest absolute Gasteiger partial charge is 0.573 e. The normalized spacial score (nSPS) is 23.0. The number of benzene rings is 1. The summed E-state index contributed by atoms with van der Waals surface area (Å²) in [7, 11) is -4.01. The smallest absolute Gasteiger partial charge is 0.406 e. The van der Waals surface area contributed by atoms with Crippen LogP contribution >= 0.6 is 0 Å². The number of ether oxygens (including phenoxy) is 1. The zero-order chi connectivity index (χ0) is 19.9. The summed E-state index contributed by atoms with van der Waals surface area (Å²) >= 11 is 0. The van der Waals surface area contributed by atoms with E-state index in [2.05, 4.69) is 15.0 Å². The number of nitrogens with zero attached hydrogens (tertiary/aromatic N) is 2. The van der Waals surface area contributed by atoms with Crippen LogP contribution in [0.5, 0.6) is 5.75 Å². The lowest BCUT2D eigenvalue weighted by molar-refractivity contribution is -0.274. The summed E-state index contributed by atoms with van der Waals surface area (Å²) in [5, 5.41) is 3.27. The number of alkyl halides is 3. The number of halogens is 3. The van der Waals surface area contributed by atoms with Gasteiger partial charge in [-0.15, -0.1) is 13.2 Å². The van der Waals surface area contributed by atoms with Gasteiger partial charge in [-0.05, 0) is 36.2 Å². The van der Waals surface area contributed by atoms with E-state index < -0.39 is 22.1 Å². The van der Waals surface area contributed by atoms with Crippen molar-refractivity contribution in [1.29, 1.82) is 0 Å². The summed E-state index contributed by atoms with van der Waals surface area (Å²) in [5.74, 6) is -0.414. The molecule has 1 fully saturated rings. The Labute approximate surface area is 160 Å². The second-order valence-corrected chi connectivity index (χ2v) is 8.83. The Morgan fingerprint density at radius 2 is 2.00 bits per heavy atom. The lowest BCUT2D eigenvalue weighted by Crippen LogP contribution is -2.35. The molecule has 6 nitrogen and oxygen atoms in total. The number of aromatic nitrogens is 1. The van der Waals surface area contributed by atoms with Crippen LogP contribution in [0, 0.1) is 5.92 Å². The minimum Gasteiger partial charge on any atom is -0.406 e. The Balaban J connectivity index is 1.69. The Morgan fingerprint density at radius 1 is 1.18 bits per heavy atom. The first-order chi connectivity index (χ1) is 13.2. The van der Waals surface area contributed by atoms with Gasteiger partial charge in [-0.25, -0.2) is 8.42 Å². The molecule has 1 aromatic heterocycles. The van der Waals surface area contributed by atoms with E-state index >= 15 is 0 Å². The molecule has 0 bridgehead atoms. The van der Waals surface area contributed by atoms with Crippen LogP contribution in [0.25, 0.3) is 0 Å². The maximum Gasteiger partial charge on any atom is 0.573 e. The molecule has 2 aliphatic heterocycles. The highest BCUT2D eigenvalue weighted by atomic mass is 32.2. The van der Waals surface area contributed by atoms with E-state index in [0.717, 1.165) is 29.9 Å². The molecule has 4 rings (SSSR count). The van der Waals surface area contributed by atoms with E-state index in [1.54, 1.807) is 12.3 Å². The van der Waals surface area contributed by atoms with Crippen LogP contribution in [0.2, 0.25) is 0 Å². The lowest BCUT2D eigenvalue weighted by Gasteiger charge is -2.23. The van der Waals surface area contributed by atoms with Gasteiger partial charge in [0.2, 0.25) is 10.0 Å². The summed E-state index contributed by atoms with van der Waals surface area (Å²) in [6.45, 7) is 1.77. The zero-order valence-corrected chi connectivity index (χ0v) is 15.5. The van der Waals surface area contributed by atoms with Crippen molar-refractivity contribution in [2.45, 2.75) is 23.7 Å². The Hall–Kier alpha value is -2.17. The summed E-state index contributed by atoms with van der Waals surface area (Å²) in [6, 6.07) is 8.09. The number of sulfonamides is 1. The highest BCUT2D eigenvalue weighted by Gasteiger charge is 2.39. The Bertz CT molecular complexity index is 981. The van der Waals surface area contributed by atoms with Gasteiger partial charge < -0.3 is 10.1 Å². The molecule has 1 saturated heterocycles. The van der Waals surface area contributed by atoms with Crippen LogP contribution in [0.15, 0.2) is 47.5 Å². The van der Waals surface area contributed by atoms with Crippen molar-refractivity contribution in [3.05, 3.63) is 53.9 Å². The topological polar surface area (TPSA) is 71.5 Å². The molecule has 1 N–H and O–H groups in total. The highest BCUT2D eigenvalue weighted by Crippen LogP contribution is 2.36. The van der Waals surface area contributed by atoms with Crippen molar-refractivity contribution < 1.29 is 26.3 Å². The average Bonchev–Trinajstić information content (AvgIpc) is 3.02. The lowest BCUT2D eigenvalue weighted by atomic mass is 9.91. The van der Waals surface area contributed by atoms with E-state index in [1.165, 1.54) is 16.4 Å². The third kappa shape index (κ3) is 3.71. The molecule has 10 heteroatoms. The Morgan fingerprint density at radius 3 is 2.79 bits per heavy atom. The van der Waals surface area contributed by atoms with Crippen LogP contribution in [0.4, 0.5) is 13.2 Å². The van der Waals surface area contributed by atoms with Gasteiger partial charge in [0.15, 0.2) is 0 Å². The molecular formula is C18H18F3N3O3S. The Kier molecular flexibility index (Phi) is 4.80. The number of hydrogen-bond donors (Lipinski definition) is 1. The standard InChI is InChI=1S/C18H18F3N3O3S/c19-18(20,21)27-14-4-1-5-15(7-14)28(25,26)24-10-12-3-2-6-23-17(12)16-9-22-8-13(16)11-24/h1-7,13,16,22H,8-11H2/t13-,16+/m1/s1. The SMILES string of the molecule is O=S(=O)(c1cccc(OC(F)(F)F)c1)N1Cc2cccnc2[C@H]2CNC[C@@H]2C1. The predicted molar refractivity (Wildman–Crippen MR) is 94.1 cm³/mol. The minimum atomic E-state index is -4.89. The predicted octanol–water partition coefficient (Wildman–Crippen LogP) is 2.49. The van der Waals surface area contributed by atoms with E-state index in [0.29, 0.717) is 6.54 Å². The van der Waals surface area contributed by atoms with Gasteiger partial charge in [0.05, 0.1) is 4.90 Å². The van der Waals surface area contributed by atoms with Gasteiger partial charge in [-0.2, -0.15) is 4.31 Å². The van der Waals surface area contributed by atoms with Crippen LogP contribution in [0.3, 0.4) is 0 Å². The minimum absolute atomic E-state index is 0.0422. The van der Waals surface area contributed by atoms with Gasteiger partial charge >= 0.3 is 6.36 Å². The first-order valence-electron chi connectivity index (χ1n) is 8.74. The number of rotatable bonds is 3. The van der Waals surface area contributed by atoms with Crippen molar-refractivity contribution in [1.82, 2.24) is 14.6 Å². The van der Waals surface area contributed by atoms with Crippen molar-refractivity contribution in [2.24, 2.45) is 5.92 Å². The molecule has 2 aliphatic rings. The molecule has 150 valence electrons. The molecule has 0 unspecified atom stereocenters. The summed E-state index contributed by atoms with van der Waals surface area (Å²) < 4.78 is 69.1. The zero-order valence-electron chi connectivity index (χ0n) is 14.7. The van der Waals surface area contributed by atoms with E-state index in [1.807, 2.05) is 6.07 Å². The molecule has 0 aliphatic carbocycles. The van der Waals surface area contributed by atoms with Gasteiger partial charge in [0.1, 0.15) is 5.75 Å². The van der Waals surface area contributed by atoms with Crippen molar-refractivity contribution in [3.8, 4) is 5.75 Å². The first-order valence-corrected chi connectivity index (χ1v) is 10.2. The molecule has 2 aromatic rings. The summed E-state index contributed by atoms with van der Waals surface area (Å²) in [4.78, 5) is 4.23. The van der Waals surface area contributed by atoms with Gasteiger partial charge in [0, 0.05) is 43.5 Å². The summed E-state index contributed by atoms with van der Waals surface area (Å²) in [5.41, 5.74) is 1.69. The highest BCUT2D eigenvalue weighted by molar-refractivity contribution is 7.89. The maximum absolute atomic E-state index is 13.2. The number of fused-ring (bicyclic) bond motifs is 3. The molecule has 0 amide bonds. The molecular weight excluding hydrogens is 395 g/mol. The van der Waals surface area contributed by atoms with E-state index in [4.69, 9.17) is 0 Å². The number of hydrogen-bond acceptors (Lipinski definition) is 5. The van der Waals surface area contributed by atoms with Gasteiger partial charge in [0.25, 0.3) is 0 Å². The first kappa shape index (κ1) is 19.2. The molecule has 0 spiro atoms. The third-order valence-electron chi connectivity index (χ3n) is 5.08. The molecule has 28 heavy (non-hydrogen) atoms. The molecule has 3 heterocycles. The van der Waals surface area contributed by atoms with Crippen molar-refractivity contribution in [3.63, 3.8) is 0 Å². The fourth-order valence-corrected chi connectivity index (χ4v) is 5.35. The number of nitrogens with one attached hydrogen (secondary N) is 1. The molecule has 0 saturated carbocycles. The van der Waals surface area contributed by atoms with Gasteiger partial charge in [-0.3, -0.25) is 4.98 Å². The average molecular weight is 413 g/mol. The maximum atomic E-state index is 13.2. The van der Waals surface area contributed by atoms with E-state index in [9.17, 15) is 21.6 Å². The third-order valence-corrected chi connectivity index (χ3v) is 6.89. The van der Waals surface area contributed by atoms with Crippen LogP contribution < -0.4 is 10.1 Å². The van der Waals surface area contributed by atoms with Crippen LogP contribution in [0.1, 0.15) is 17.2 Å². The second-order valence-electron chi connectivity index (χ2n) is 6.89.